The predicted molar refractivity (Wildman–Crippen MR) is 81.1 cm³/mol. The normalized spacial score (nSPS) is 19.8. The highest BCUT2D eigenvalue weighted by atomic mass is 32.1. The lowest BCUT2D eigenvalue weighted by Crippen LogP contribution is -2.42. The van der Waals surface area contributed by atoms with Crippen molar-refractivity contribution >= 4 is 27.4 Å². The van der Waals surface area contributed by atoms with Crippen LogP contribution in [0, 0.1) is 6.92 Å². The number of piperidine rings is 1. The fourth-order valence-electron chi connectivity index (χ4n) is 2.76. The van der Waals surface area contributed by atoms with Gasteiger partial charge in [-0.05, 0) is 32.4 Å². The van der Waals surface area contributed by atoms with E-state index in [1.54, 1.807) is 17.7 Å². The molecule has 0 radical (unpaired) electrons. The highest BCUT2D eigenvalue weighted by Gasteiger charge is 2.17. The monoisotopic (exact) mass is 276 g/mol. The Kier molecular flexibility index (Phi) is 3.66. The van der Waals surface area contributed by atoms with Crippen LogP contribution in [-0.4, -0.2) is 36.1 Å². The second kappa shape index (κ2) is 5.43. The van der Waals surface area contributed by atoms with Gasteiger partial charge in [-0.2, -0.15) is 0 Å². The van der Waals surface area contributed by atoms with Gasteiger partial charge in [0.25, 0.3) is 0 Å². The molecule has 5 heteroatoms. The lowest BCUT2D eigenvalue weighted by Gasteiger charge is -2.29. The summed E-state index contributed by atoms with van der Waals surface area (Å²) in [4.78, 5) is 13.5. The zero-order valence-electron chi connectivity index (χ0n) is 11.5. The largest absolute Gasteiger partial charge is 0.357 e. The van der Waals surface area contributed by atoms with E-state index in [9.17, 15) is 0 Å². The van der Waals surface area contributed by atoms with Crippen LogP contribution < -0.4 is 10.2 Å². The minimum absolute atomic E-state index is 0.587. The number of fused-ring (bicyclic) bond motifs is 1. The maximum Gasteiger partial charge on any atom is 0.140 e. The molecule has 0 aromatic carbocycles. The van der Waals surface area contributed by atoms with Crippen LogP contribution in [0.15, 0.2) is 12.4 Å². The molecule has 19 heavy (non-hydrogen) atoms. The number of anilines is 1. The molecule has 4 nitrogen and oxygen atoms in total. The van der Waals surface area contributed by atoms with Gasteiger partial charge in [0.05, 0.1) is 5.39 Å². The zero-order chi connectivity index (χ0) is 13.2. The Balaban J connectivity index is 1.82. The van der Waals surface area contributed by atoms with E-state index in [1.165, 1.54) is 29.5 Å². The topological polar surface area (TPSA) is 41.0 Å². The van der Waals surface area contributed by atoms with Gasteiger partial charge < -0.3 is 10.2 Å². The Labute approximate surface area is 117 Å². The number of likely N-dealkylation sites (N-methyl/N-ethyl adjacent to an activating group) is 1. The number of nitrogens with zero attached hydrogens (tertiary/aromatic N) is 3. The van der Waals surface area contributed by atoms with E-state index in [-0.39, 0.29) is 0 Å². The molecular formula is C14H20N4S. The number of thiophene rings is 1. The Morgan fingerprint density at radius 1 is 1.42 bits per heavy atom. The second-order valence-electron chi connectivity index (χ2n) is 5.30. The molecule has 1 unspecified atom stereocenters. The first-order chi connectivity index (χ1) is 9.24. The molecule has 1 saturated heterocycles. The fraction of sp³-hybridized carbons (Fsp3) is 0.571. The third-order valence-corrected chi connectivity index (χ3v) is 4.66. The summed E-state index contributed by atoms with van der Waals surface area (Å²) in [6.45, 7) is 4.29. The first-order valence-electron chi connectivity index (χ1n) is 6.89. The van der Waals surface area contributed by atoms with Crippen LogP contribution in [0.5, 0.6) is 0 Å². The SMILES string of the molecule is Cc1cc2c(N(C)CC3CCCCN3)ncnc2s1. The Morgan fingerprint density at radius 2 is 2.32 bits per heavy atom. The average molecular weight is 276 g/mol. The van der Waals surface area contributed by atoms with E-state index in [0.29, 0.717) is 6.04 Å². The molecule has 3 heterocycles. The summed E-state index contributed by atoms with van der Waals surface area (Å²) in [6.07, 6.45) is 5.59. The van der Waals surface area contributed by atoms with E-state index < -0.39 is 0 Å². The van der Waals surface area contributed by atoms with Gasteiger partial charge in [-0.3, -0.25) is 0 Å². The highest BCUT2D eigenvalue weighted by Crippen LogP contribution is 2.29. The Hall–Kier alpha value is -1.20. The number of hydrogen-bond donors (Lipinski definition) is 1. The third kappa shape index (κ3) is 2.72. The summed E-state index contributed by atoms with van der Waals surface area (Å²) in [6, 6.07) is 2.78. The molecule has 0 amide bonds. The maximum atomic E-state index is 4.48. The van der Waals surface area contributed by atoms with Crippen LogP contribution in [0.25, 0.3) is 10.2 Å². The molecule has 1 N–H and O–H groups in total. The van der Waals surface area contributed by atoms with Gasteiger partial charge in [0, 0.05) is 24.5 Å². The van der Waals surface area contributed by atoms with Crippen molar-refractivity contribution in [1.29, 1.82) is 0 Å². The molecule has 0 spiro atoms. The molecule has 0 bridgehead atoms. The molecule has 3 rings (SSSR count). The van der Waals surface area contributed by atoms with Crippen molar-refractivity contribution in [3.63, 3.8) is 0 Å². The van der Waals surface area contributed by atoms with Crippen molar-refractivity contribution in [2.45, 2.75) is 32.2 Å². The third-order valence-electron chi connectivity index (χ3n) is 3.70. The molecule has 0 saturated carbocycles. The summed E-state index contributed by atoms with van der Waals surface area (Å²) < 4.78 is 0. The fourth-order valence-corrected chi connectivity index (χ4v) is 3.61. The molecule has 0 aliphatic carbocycles. The Bertz CT molecular complexity index is 560. The van der Waals surface area contributed by atoms with Gasteiger partial charge in [-0.15, -0.1) is 11.3 Å². The molecule has 1 aliphatic rings. The van der Waals surface area contributed by atoms with Gasteiger partial charge in [-0.25, -0.2) is 9.97 Å². The minimum atomic E-state index is 0.587. The number of nitrogens with one attached hydrogen (secondary N) is 1. The smallest absolute Gasteiger partial charge is 0.140 e. The van der Waals surface area contributed by atoms with Crippen molar-refractivity contribution in [2.24, 2.45) is 0 Å². The summed E-state index contributed by atoms with van der Waals surface area (Å²) >= 11 is 1.74. The first kappa shape index (κ1) is 12.8. The summed E-state index contributed by atoms with van der Waals surface area (Å²) in [5.41, 5.74) is 0. The summed E-state index contributed by atoms with van der Waals surface area (Å²) in [7, 11) is 2.13. The number of aromatic nitrogens is 2. The van der Waals surface area contributed by atoms with Gasteiger partial charge >= 0.3 is 0 Å². The quantitative estimate of drug-likeness (QED) is 0.935. The van der Waals surface area contributed by atoms with Crippen LogP contribution in [0.4, 0.5) is 5.82 Å². The molecule has 1 aliphatic heterocycles. The summed E-state index contributed by atoms with van der Waals surface area (Å²) in [5, 5.41) is 4.77. The van der Waals surface area contributed by atoms with Gasteiger partial charge in [0.2, 0.25) is 0 Å². The average Bonchev–Trinajstić information content (AvgIpc) is 2.79. The molecule has 1 atom stereocenters. The zero-order valence-corrected chi connectivity index (χ0v) is 12.3. The van der Waals surface area contributed by atoms with Crippen LogP contribution in [0.2, 0.25) is 0 Å². The number of hydrogen-bond acceptors (Lipinski definition) is 5. The van der Waals surface area contributed by atoms with Crippen molar-refractivity contribution in [2.75, 3.05) is 25.0 Å². The molecular weight excluding hydrogens is 256 g/mol. The summed E-state index contributed by atoms with van der Waals surface area (Å²) in [5.74, 6) is 1.06. The van der Waals surface area contributed by atoms with Gasteiger partial charge in [0.15, 0.2) is 0 Å². The van der Waals surface area contributed by atoms with E-state index in [1.807, 2.05) is 0 Å². The molecule has 2 aromatic rings. The van der Waals surface area contributed by atoms with Gasteiger partial charge in [0.1, 0.15) is 17.0 Å². The first-order valence-corrected chi connectivity index (χ1v) is 7.71. The van der Waals surface area contributed by atoms with Crippen molar-refractivity contribution < 1.29 is 0 Å². The standard InChI is InChI=1S/C14H20N4S/c1-10-7-12-13(16-9-17-14(12)19-10)18(2)8-11-5-3-4-6-15-11/h7,9,11,15H,3-6,8H2,1-2H3. The van der Waals surface area contributed by atoms with Crippen LogP contribution in [0.3, 0.4) is 0 Å². The minimum Gasteiger partial charge on any atom is -0.357 e. The van der Waals surface area contributed by atoms with E-state index in [0.717, 1.165) is 23.7 Å². The van der Waals surface area contributed by atoms with Crippen molar-refractivity contribution in [3.8, 4) is 0 Å². The maximum absolute atomic E-state index is 4.48. The van der Waals surface area contributed by atoms with Crippen molar-refractivity contribution in [3.05, 3.63) is 17.3 Å². The molecule has 1 fully saturated rings. The van der Waals surface area contributed by atoms with Gasteiger partial charge in [-0.1, -0.05) is 6.42 Å². The van der Waals surface area contributed by atoms with E-state index in [2.05, 4.69) is 40.2 Å². The number of aryl methyl sites for hydroxylation is 1. The lowest BCUT2D eigenvalue weighted by atomic mass is 10.0. The lowest BCUT2D eigenvalue weighted by molar-refractivity contribution is 0.403. The van der Waals surface area contributed by atoms with Crippen LogP contribution in [0.1, 0.15) is 24.1 Å². The van der Waals surface area contributed by atoms with Crippen LogP contribution in [-0.2, 0) is 0 Å². The Morgan fingerprint density at radius 3 is 3.11 bits per heavy atom. The molecule has 102 valence electrons. The molecule has 2 aromatic heterocycles. The van der Waals surface area contributed by atoms with Crippen LogP contribution >= 0.6 is 11.3 Å². The highest BCUT2D eigenvalue weighted by molar-refractivity contribution is 7.18. The van der Waals surface area contributed by atoms with E-state index in [4.69, 9.17) is 0 Å². The van der Waals surface area contributed by atoms with Crippen molar-refractivity contribution in [1.82, 2.24) is 15.3 Å². The number of rotatable bonds is 3. The second-order valence-corrected chi connectivity index (χ2v) is 6.54. The predicted octanol–water partition coefficient (Wildman–Crippen LogP) is 2.58. The van der Waals surface area contributed by atoms with E-state index >= 15 is 0 Å².